The molecule has 60 valence electrons. The fourth-order valence-electron chi connectivity index (χ4n) is 0.557. The molecule has 0 radical (unpaired) electrons. The third-order valence-corrected chi connectivity index (χ3v) is 2.20. The number of hydrogen-bond donors (Lipinski definition) is 0. The second-order valence-electron chi connectivity index (χ2n) is 1.72. The van der Waals surface area contributed by atoms with E-state index in [1.807, 2.05) is 0 Å². The van der Waals surface area contributed by atoms with Crippen LogP contribution < -0.4 is 0 Å². The molecule has 1 unspecified atom stereocenters. The average molecular weight is 192 g/mol. The lowest BCUT2D eigenvalue weighted by molar-refractivity contribution is 0.445. The van der Waals surface area contributed by atoms with Gasteiger partial charge in [-0.15, -0.1) is 0 Å². The summed E-state index contributed by atoms with van der Waals surface area (Å²) < 4.78 is 15.5. The average Bonchev–Trinajstić information content (AvgIpc) is 2.05. The van der Waals surface area contributed by atoms with Crippen molar-refractivity contribution in [2.45, 2.75) is 4.90 Å². The molecule has 0 saturated carbocycles. The molecular weight excluding hydrogens is 186 g/mol. The van der Waals surface area contributed by atoms with Crippen molar-refractivity contribution in [1.29, 1.82) is 0 Å². The van der Waals surface area contributed by atoms with Crippen LogP contribution in [0.25, 0.3) is 0 Å². The Balaban J connectivity index is 2.90. The Bertz CT molecular complexity index is 262. The summed E-state index contributed by atoms with van der Waals surface area (Å²) in [6.45, 7) is 0. The molecule has 0 aromatic carbocycles. The monoisotopic (exact) mass is 191 g/mol. The summed E-state index contributed by atoms with van der Waals surface area (Å²) in [7, 11) is 1.37. The van der Waals surface area contributed by atoms with Crippen molar-refractivity contribution >= 4 is 22.7 Å². The standard InChI is InChI=1S/C6H6ClNO2S/c1-10-11(9)5-2-3-6(7)8-4-5/h2-4H,1H3. The minimum absolute atomic E-state index is 0.377. The Hall–Kier alpha value is -0.450. The molecule has 5 heteroatoms. The first-order valence-corrected chi connectivity index (χ1v) is 4.27. The molecule has 0 saturated heterocycles. The number of pyridine rings is 1. The zero-order valence-corrected chi connectivity index (χ0v) is 7.35. The van der Waals surface area contributed by atoms with Gasteiger partial charge < -0.3 is 0 Å². The highest BCUT2D eigenvalue weighted by Gasteiger charge is 2.01. The van der Waals surface area contributed by atoms with E-state index in [9.17, 15) is 4.21 Å². The fraction of sp³-hybridized carbons (Fsp3) is 0.167. The lowest BCUT2D eigenvalue weighted by atomic mass is 10.5. The first-order chi connectivity index (χ1) is 5.24. The Morgan fingerprint density at radius 1 is 1.64 bits per heavy atom. The molecule has 0 aliphatic carbocycles. The Morgan fingerprint density at radius 3 is 2.82 bits per heavy atom. The minimum atomic E-state index is -1.42. The molecule has 0 fully saturated rings. The van der Waals surface area contributed by atoms with Crippen LogP contribution in [-0.2, 0) is 15.3 Å². The van der Waals surface area contributed by atoms with Gasteiger partial charge in [0.1, 0.15) is 5.15 Å². The van der Waals surface area contributed by atoms with E-state index < -0.39 is 11.1 Å². The molecule has 0 aliphatic rings. The Morgan fingerprint density at radius 2 is 2.36 bits per heavy atom. The molecular formula is C6H6ClNO2S. The van der Waals surface area contributed by atoms with Gasteiger partial charge in [-0.25, -0.2) is 9.19 Å². The predicted octanol–water partition coefficient (Wildman–Crippen LogP) is 1.40. The van der Waals surface area contributed by atoms with Crippen molar-refractivity contribution < 1.29 is 8.39 Å². The van der Waals surface area contributed by atoms with Crippen LogP contribution in [0.1, 0.15) is 0 Å². The predicted molar refractivity (Wildman–Crippen MR) is 42.7 cm³/mol. The van der Waals surface area contributed by atoms with Crippen molar-refractivity contribution in [3.8, 4) is 0 Å². The van der Waals surface area contributed by atoms with E-state index in [0.717, 1.165) is 0 Å². The van der Waals surface area contributed by atoms with Crippen LogP contribution in [0.5, 0.6) is 0 Å². The maximum absolute atomic E-state index is 10.9. The third-order valence-electron chi connectivity index (χ3n) is 1.04. The number of nitrogens with zero attached hydrogens (tertiary/aromatic N) is 1. The number of halogens is 1. The van der Waals surface area contributed by atoms with Gasteiger partial charge in [0.2, 0.25) is 0 Å². The van der Waals surface area contributed by atoms with Crippen molar-refractivity contribution in [2.75, 3.05) is 7.11 Å². The SMILES string of the molecule is COS(=O)c1ccc(Cl)nc1. The number of rotatable bonds is 2. The smallest absolute Gasteiger partial charge is 0.190 e. The summed E-state index contributed by atoms with van der Waals surface area (Å²) in [4.78, 5) is 4.25. The normalized spacial score (nSPS) is 12.9. The van der Waals surface area contributed by atoms with Gasteiger partial charge >= 0.3 is 0 Å². The molecule has 0 aliphatic heterocycles. The topological polar surface area (TPSA) is 39.2 Å². The van der Waals surface area contributed by atoms with Crippen molar-refractivity contribution in [1.82, 2.24) is 4.98 Å². The Kier molecular flexibility index (Phi) is 2.99. The zero-order chi connectivity index (χ0) is 8.27. The van der Waals surface area contributed by atoms with E-state index in [-0.39, 0.29) is 0 Å². The van der Waals surface area contributed by atoms with E-state index in [2.05, 4.69) is 9.17 Å². The van der Waals surface area contributed by atoms with E-state index in [1.54, 1.807) is 12.1 Å². The lowest BCUT2D eigenvalue weighted by Gasteiger charge is -1.96. The van der Waals surface area contributed by atoms with Gasteiger partial charge in [-0.1, -0.05) is 11.6 Å². The molecule has 1 rings (SSSR count). The van der Waals surface area contributed by atoms with Crippen LogP contribution in [0.2, 0.25) is 5.15 Å². The van der Waals surface area contributed by atoms with Crippen LogP contribution in [0, 0.1) is 0 Å². The van der Waals surface area contributed by atoms with E-state index >= 15 is 0 Å². The summed E-state index contributed by atoms with van der Waals surface area (Å²) in [6, 6.07) is 3.17. The highest BCUT2D eigenvalue weighted by Crippen LogP contribution is 2.08. The summed E-state index contributed by atoms with van der Waals surface area (Å²) >= 11 is 4.09. The highest BCUT2D eigenvalue weighted by molar-refractivity contribution is 7.80. The highest BCUT2D eigenvalue weighted by atomic mass is 35.5. The quantitative estimate of drug-likeness (QED) is 0.664. The van der Waals surface area contributed by atoms with Gasteiger partial charge in [0.05, 0.1) is 12.0 Å². The summed E-state index contributed by atoms with van der Waals surface area (Å²) in [5.41, 5.74) is 0. The van der Waals surface area contributed by atoms with Gasteiger partial charge in [0.15, 0.2) is 11.1 Å². The minimum Gasteiger partial charge on any atom is -0.290 e. The number of aromatic nitrogens is 1. The molecule has 1 aromatic heterocycles. The van der Waals surface area contributed by atoms with Crippen LogP contribution >= 0.6 is 11.6 Å². The molecule has 0 spiro atoms. The fourth-order valence-corrected chi connectivity index (χ4v) is 1.18. The molecule has 11 heavy (non-hydrogen) atoms. The molecule has 1 atom stereocenters. The first-order valence-electron chi connectivity index (χ1n) is 2.82. The summed E-state index contributed by atoms with van der Waals surface area (Å²) in [5.74, 6) is 0. The number of hydrogen-bond acceptors (Lipinski definition) is 3. The molecule has 1 heterocycles. The van der Waals surface area contributed by atoms with Crippen molar-refractivity contribution in [3.05, 3.63) is 23.5 Å². The maximum atomic E-state index is 10.9. The van der Waals surface area contributed by atoms with Crippen LogP contribution in [0.15, 0.2) is 23.2 Å². The summed E-state index contributed by atoms with van der Waals surface area (Å²) in [5, 5.41) is 0.377. The molecule has 0 N–H and O–H groups in total. The molecule has 3 nitrogen and oxygen atoms in total. The van der Waals surface area contributed by atoms with Crippen LogP contribution in [0.4, 0.5) is 0 Å². The van der Waals surface area contributed by atoms with Crippen LogP contribution in [-0.4, -0.2) is 16.3 Å². The third kappa shape index (κ3) is 2.25. The van der Waals surface area contributed by atoms with Crippen molar-refractivity contribution in [2.24, 2.45) is 0 Å². The maximum Gasteiger partial charge on any atom is 0.190 e. The molecule has 0 bridgehead atoms. The summed E-state index contributed by atoms with van der Waals surface area (Å²) in [6.07, 6.45) is 1.42. The van der Waals surface area contributed by atoms with E-state index in [4.69, 9.17) is 11.6 Å². The van der Waals surface area contributed by atoms with Crippen LogP contribution in [0.3, 0.4) is 0 Å². The largest absolute Gasteiger partial charge is 0.290 e. The molecule has 1 aromatic rings. The Labute approximate surface area is 72.0 Å². The van der Waals surface area contributed by atoms with Crippen molar-refractivity contribution in [3.63, 3.8) is 0 Å². The zero-order valence-electron chi connectivity index (χ0n) is 5.78. The van der Waals surface area contributed by atoms with Gasteiger partial charge in [-0.05, 0) is 12.1 Å². The van der Waals surface area contributed by atoms with Gasteiger partial charge in [-0.2, -0.15) is 0 Å². The van der Waals surface area contributed by atoms with E-state index in [1.165, 1.54) is 13.3 Å². The lowest BCUT2D eigenvalue weighted by Crippen LogP contribution is -1.93. The van der Waals surface area contributed by atoms with E-state index in [0.29, 0.717) is 10.0 Å². The van der Waals surface area contributed by atoms with Gasteiger partial charge in [0.25, 0.3) is 0 Å². The van der Waals surface area contributed by atoms with Gasteiger partial charge in [-0.3, -0.25) is 4.18 Å². The first kappa shape index (κ1) is 8.64. The second kappa shape index (κ2) is 3.80. The van der Waals surface area contributed by atoms with Gasteiger partial charge in [0, 0.05) is 6.20 Å². The molecule has 0 amide bonds. The second-order valence-corrected chi connectivity index (χ2v) is 3.38.